The maximum Gasteiger partial charge on any atom is 0.309 e. The zero-order valence-electron chi connectivity index (χ0n) is 11.5. The standard InChI is InChI=1S/C15H17NO4/c1-10-4-3-5-12(8-10)19-7-6-14-16-13(9-15(17)18)11(2)20-14/h3-5,8H,6-7,9H2,1-2H3,(H,17,18). The van der Waals surface area contributed by atoms with Crippen LogP contribution in [-0.4, -0.2) is 22.7 Å². The van der Waals surface area contributed by atoms with E-state index in [1.165, 1.54) is 0 Å². The molecule has 0 saturated carbocycles. The van der Waals surface area contributed by atoms with Crippen molar-refractivity contribution in [3.8, 4) is 5.75 Å². The zero-order chi connectivity index (χ0) is 14.5. The molecule has 0 amide bonds. The zero-order valence-corrected chi connectivity index (χ0v) is 11.5. The smallest absolute Gasteiger partial charge is 0.309 e. The van der Waals surface area contributed by atoms with Crippen LogP contribution in [0.15, 0.2) is 28.7 Å². The Balaban J connectivity index is 1.89. The molecule has 0 radical (unpaired) electrons. The van der Waals surface area contributed by atoms with Crippen LogP contribution < -0.4 is 4.74 Å². The molecule has 0 aliphatic carbocycles. The average molecular weight is 275 g/mol. The van der Waals surface area contributed by atoms with E-state index in [1.807, 2.05) is 31.2 Å². The molecule has 0 aliphatic rings. The molecule has 0 spiro atoms. The number of ether oxygens (including phenoxy) is 1. The second kappa shape index (κ2) is 6.23. The molecule has 0 unspecified atom stereocenters. The molecule has 5 heteroatoms. The van der Waals surface area contributed by atoms with E-state index in [9.17, 15) is 4.79 Å². The SMILES string of the molecule is Cc1cccc(OCCc2nc(CC(=O)O)c(C)o2)c1. The third-order valence-electron chi connectivity index (χ3n) is 2.83. The van der Waals surface area contributed by atoms with E-state index in [2.05, 4.69) is 4.98 Å². The Morgan fingerprint density at radius 2 is 2.20 bits per heavy atom. The molecule has 2 aromatic rings. The van der Waals surface area contributed by atoms with Gasteiger partial charge < -0.3 is 14.3 Å². The van der Waals surface area contributed by atoms with E-state index in [1.54, 1.807) is 6.92 Å². The van der Waals surface area contributed by atoms with Crippen molar-refractivity contribution in [1.82, 2.24) is 4.98 Å². The molecule has 1 N–H and O–H groups in total. The third kappa shape index (κ3) is 3.85. The van der Waals surface area contributed by atoms with Gasteiger partial charge in [-0.1, -0.05) is 12.1 Å². The minimum Gasteiger partial charge on any atom is -0.493 e. The van der Waals surface area contributed by atoms with Crippen molar-refractivity contribution >= 4 is 5.97 Å². The van der Waals surface area contributed by atoms with Gasteiger partial charge in [-0.2, -0.15) is 0 Å². The number of carboxylic acids is 1. The van der Waals surface area contributed by atoms with Crippen molar-refractivity contribution in [3.63, 3.8) is 0 Å². The lowest BCUT2D eigenvalue weighted by Crippen LogP contribution is -2.03. The highest BCUT2D eigenvalue weighted by atomic mass is 16.5. The van der Waals surface area contributed by atoms with Crippen LogP contribution in [0.25, 0.3) is 0 Å². The second-order valence-electron chi connectivity index (χ2n) is 4.60. The number of oxazole rings is 1. The maximum absolute atomic E-state index is 10.7. The number of hydrogen-bond acceptors (Lipinski definition) is 4. The number of aromatic nitrogens is 1. The first-order valence-corrected chi connectivity index (χ1v) is 6.41. The Bertz CT molecular complexity index is 604. The van der Waals surface area contributed by atoms with E-state index in [0.29, 0.717) is 30.4 Å². The predicted octanol–water partition coefficient (Wildman–Crippen LogP) is 2.54. The first-order valence-electron chi connectivity index (χ1n) is 6.41. The van der Waals surface area contributed by atoms with Gasteiger partial charge in [-0.25, -0.2) is 4.98 Å². The van der Waals surface area contributed by atoms with E-state index in [-0.39, 0.29) is 6.42 Å². The first-order chi connectivity index (χ1) is 9.54. The minimum atomic E-state index is -0.913. The van der Waals surface area contributed by atoms with Gasteiger partial charge >= 0.3 is 5.97 Å². The van der Waals surface area contributed by atoms with Crippen LogP contribution in [0.4, 0.5) is 0 Å². The summed E-state index contributed by atoms with van der Waals surface area (Å²) >= 11 is 0. The third-order valence-corrected chi connectivity index (χ3v) is 2.83. The summed E-state index contributed by atoms with van der Waals surface area (Å²) in [6.45, 7) is 4.16. The van der Waals surface area contributed by atoms with Gasteiger partial charge in [0.2, 0.25) is 0 Å². The summed E-state index contributed by atoms with van der Waals surface area (Å²) < 4.78 is 11.0. The van der Waals surface area contributed by atoms with Crippen LogP contribution in [-0.2, 0) is 17.6 Å². The van der Waals surface area contributed by atoms with Crippen LogP contribution in [0.5, 0.6) is 5.75 Å². The normalized spacial score (nSPS) is 10.5. The molecular weight excluding hydrogens is 258 g/mol. The Morgan fingerprint density at radius 3 is 2.90 bits per heavy atom. The van der Waals surface area contributed by atoms with Gasteiger partial charge in [0, 0.05) is 0 Å². The number of rotatable bonds is 6. The lowest BCUT2D eigenvalue weighted by atomic mass is 10.2. The van der Waals surface area contributed by atoms with Gasteiger partial charge in [-0.3, -0.25) is 4.79 Å². The fourth-order valence-electron chi connectivity index (χ4n) is 1.86. The Labute approximate surface area is 117 Å². The van der Waals surface area contributed by atoms with Gasteiger partial charge in [-0.05, 0) is 31.5 Å². The molecule has 1 aromatic heterocycles. The number of nitrogens with zero attached hydrogens (tertiary/aromatic N) is 1. The molecule has 1 heterocycles. The summed E-state index contributed by atoms with van der Waals surface area (Å²) in [6, 6.07) is 7.79. The van der Waals surface area contributed by atoms with E-state index < -0.39 is 5.97 Å². The molecule has 106 valence electrons. The summed E-state index contributed by atoms with van der Waals surface area (Å²) in [6.07, 6.45) is 0.391. The van der Waals surface area contributed by atoms with Gasteiger partial charge in [0.15, 0.2) is 5.89 Å². The van der Waals surface area contributed by atoms with Gasteiger partial charge in [0.1, 0.15) is 11.5 Å². The van der Waals surface area contributed by atoms with Crippen molar-refractivity contribution in [2.45, 2.75) is 26.7 Å². The summed E-state index contributed by atoms with van der Waals surface area (Å²) in [5.41, 5.74) is 1.61. The summed E-state index contributed by atoms with van der Waals surface area (Å²) in [5, 5.41) is 8.74. The second-order valence-corrected chi connectivity index (χ2v) is 4.60. The summed E-state index contributed by atoms with van der Waals surface area (Å²) in [4.78, 5) is 14.8. The molecule has 20 heavy (non-hydrogen) atoms. The number of aryl methyl sites for hydroxylation is 2. The van der Waals surface area contributed by atoms with Crippen LogP contribution in [0.3, 0.4) is 0 Å². The lowest BCUT2D eigenvalue weighted by Gasteiger charge is -2.04. The number of benzene rings is 1. The highest BCUT2D eigenvalue weighted by Crippen LogP contribution is 2.14. The van der Waals surface area contributed by atoms with E-state index in [0.717, 1.165) is 11.3 Å². The molecule has 5 nitrogen and oxygen atoms in total. The molecule has 0 atom stereocenters. The molecular formula is C15H17NO4. The Kier molecular flexibility index (Phi) is 4.40. The molecule has 2 rings (SSSR count). The van der Waals surface area contributed by atoms with Crippen molar-refractivity contribution in [2.24, 2.45) is 0 Å². The fourth-order valence-corrected chi connectivity index (χ4v) is 1.86. The van der Waals surface area contributed by atoms with E-state index >= 15 is 0 Å². The summed E-state index contributed by atoms with van der Waals surface area (Å²) in [7, 11) is 0. The molecule has 1 aromatic carbocycles. The maximum atomic E-state index is 10.7. The van der Waals surface area contributed by atoms with Crippen LogP contribution in [0, 0.1) is 13.8 Å². The van der Waals surface area contributed by atoms with Crippen molar-refractivity contribution in [1.29, 1.82) is 0 Å². The highest BCUT2D eigenvalue weighted by Gasteiger charge is 2.12. The van der Waals surface area contributed by atoms with E-state index in [4.69, 9.17) is 14.3 Å². The topological polar surface area (TPSA) is 72.6 Å². The van der Waals surface area contributed by atoms with Crippen LogP contribution in [0.1, 0.15) is 22.9 Å². The van der Waals surface area contributed by atoms with Crippen molar-refractivity contribution < 1.29 is 19.1 Å². The monoisotopic (exact) mass is 275 g/mol. The van der Waals surface area contributed by atoms with Gasteiger partial charge in [-0.15, -0.1) is 0 Å². The molecule has 0 saturated heterocycles. The molecule has 0 fully saturated rings. The van der Waals surface area contributed by atoms with Crippen molar-refractivity contribution in [3.05, 3.63) is 47.2 Å². The van der Waals surface area contributed by atoms with Crippen LogP contribution >= 0.6 is 0 Å². The number of carboxylic acid groups (broad SMARTS) is 1. The summed E-state index contributed by atoms with van der Waals surface area (Å²) in [5.74, 6) is 0.951. The largest absolute Gasteiger partial charge is 0.493 e. The predicted molar refractivity (Wildman–Crippen MR) is 73.0 cm³/mol. The Hall–Kier alpha value is -2.30. The Morgan fingerprint density at radius 1 is 1.40 bits per heavy atom. The first kappa shape index (κ1) is 14.1. The molecule has 0 aliphatic heterocycles. The van der Waals surface area contributed by atoms with Gasteiger partial charge in [0.05, 0.1) is 25.1 Å². The van der Waals surface area contributed by atoms with Gasteiger partial charge in [0.25, 0.3) is 0 Å². The molecule has 0 bridgehead atoms. The van der Waals surface area contributed by atoms with Crippen LogP contribution in [0.2, 0.25) is 0 Å². The number of aliphatic carboxylic acids is 1. The highest BCUT2D eigenvalue weighted by molar-refractivity contribution is 5.69. The van der Waals surface area contributed by atoms with Crippen molar-refractivity contribution in [2.75, 3.05) is 6.61 Å². The number of hydrogen-bond donors (Lipinski definition) is 1. The number of carbonyl (C=O) groups is 1. The minimum absolute atomic E-state index is 0.117. The average Bonchev–Trinajstić information content (AvgIpc) is 2.69. The lowest BCUT2D eigenvalue weighted by molar-refractivity contribution is -0.136. The quantitative estimate of drug-likeness (QED) is 0.877. The fraction of sp³-hybridized carbons (Fsp3) is 0.333.